The summed E-state index contributed by atoms with van der Waals surface area (Å²) in [7, 11) is 1.32. The van der Waals surface area contributed by atoms with E-state index in [9.17, 15) is 18.0 Å². The van der Waals surface area contributed by atoms with Crippen molar-refractivity contribution in [2.45, 2.75) is 45.8 Å². The Kier molecular flexibility index (Phi) is 6.00. The summed E-state index contributed by atoms with van der Waals surface area (Å²) in [5.74, 6) is -0.477. The molecule has 1 unspecified atom stereocenters. The summed E-state index contributed by atoms with van der Waals surface area (Å²) in [4.78, 5) is 16.2. The van der Waals surface area contributed by atoms with Crippen molar-refractivity contribution in [2.24, 2.45) is 0 Å². The van der Waals surface area contributed by atoms with Crippen LogP contribution >= 0.6 is 0 Å². The zero-order valence-corrected chi connectivity index (χ0v) is 17.2. The van der Waals surface area contributed by atoms with Gasteiger partial charge in [0.05, 0.1) is 43.1 Å². The fourth-order valence-corrected chi connectivity index (χ4v) is 3.69. The Hall–Kier alpha value is -3.10. The van der Waals surface area contributed by atoms with Gasteiger partial charge >= 0.3 is 12.1 Å². The first-order chi connectivity index (χ1) is 14.2. The van der Waals surface area contributed by atoms with Crippen LogP contribution in [0.5, 0.6) is 0 Å². The van der Waals surface area contributed by atoms with Crippen LogP contribution in [0.2, 0.25) is 0 Å². The van der Waals surface area contributed by atoms with Gasteiger partial charge in [0.2, 0.25) is 0 Å². The van der Waals surface area contributed by atoms with Gasteiger partial charge in [-0.25, -0.2) is 14.5 Å². The fraction of sp³-hybridized carbons (Fsp3) is 0.381. The number of esters is 1. The van der Waals surface area contributed by atoms with Crippen molar-refractivity contribution in [3.05, 3.63) is 65.0 Å². The molecule has 0 N–H and O–H groups in total. The van der Waals surface area contributed by atoms with Gasteiger partial charge in [-0.05, 0) is 37.0 Å². The molecule has 2 heterocycles. The highest BCUT2D eigenvalue weighted by Gasteiger charge is 2.32. The normalized spacial score (nSPS) is 12.8. The first-order valence-corrected chi connectivity index (χ1v) is 9.50. The quantitative estimate of drug-likeness (QED) is 0.533. The minimum Gasteiger partial charge on any atom is -0.464 e. The van der Waals surface area contributed by atoms with E-state index in [1.165, 1.54) is 18.0 Å². The van der Waals surface area contributed by atoms with Crippen molar-refractivity contribution in [2.75, 3.05) is 7.11 Å². The summed E-state index contributed by atoms with van der Waals surface area (Å²) < 4.78 is 46.8. The summed E-state index contributed by atoms with van der Waals surface area (Å²) in [6.45, 7) is 5.70. The van der Waals surface area contributed by atoms with Gasteiger partial charge in [-0.15, -0.1) is 0 Å². The van der Waals surface area contributed by atoms with Crippen LogP contribution in [0.4, 0.5) is 13.2 Å². The molecule has 1 aromatic carbocycles. The molecule has 0 aliphatic rings. The fourth-order valence-electron chi connectivity index (χ4n) is 3.69. The Morgan fingerprint density at radius 3 is 2.40 bits per heavy atom. The van der Waals surface area contributed by atoms with Crippen LogP contribution in [-0.2, 0) is 10.9 Å². The molecular formula is C21H23F3N4O2. The number of aromatic nitrogens is 4. The molecule has 0 aliphatic carbocycles. The van der Waals surface area contributed by atoms with Crippen molar-refractivity contribution >= 4 is 5.97 Å². The molecule has 0 fully saturated rings. The van der Waals surface area contributed by atoms with Crippen LogP contribution in [0.15, 0.2) is 37.1 Å². The van der Waals surface area contributed by atoms with Crippen molar-refractivity contribution in [3.63, 3.8) is 0 Å². The van der Waals surface area contributed by atoms with Crippen molar-refractivity contribution in [3.8, 4) is 5.69 Å². The van der Waals surface area contributed by atoms with E-state index in [2.05, 4.69) is 10.1 Å². The lowest BCUT2D eigenvalue weighted by Gasteiger charge is -2.23. The highest BCUT2D eigenvalue weighted by atomic mass is 19.4. The van der Waals surface area contributed by atoms with Crippen molar-refractivity contribution in [1.82, 2.24) is 19.3 Å². The van der Waals surface area contributed by atoms with E-state index in [4.69, 9.17) is 4.74 Å². The number of imidazole rings is 1. The molecule has 2 aromatic heterocycles. The predicted molar refractivity (Wildman–Crippen MR) is 105 cm³/mol. The average molecular weight is 420 g/mol. The molecule has 3 aromatic rings. The minimum atomic E-state index is -4.45. The number of benzene rings is 1. The van der Waals surface area contributed by atoms with Gasteiger partial charge in [0, 0.05) is 6.20 Å². The molecule has 1 atom stereocenters. The lowest BCUT2D eigenvalue weighted by Crippen LogP contribution is -2.17. The summed E-state index contributed by atoms with van der Waals surface area (Å²) in [6, 6.07) is 3.67. The monoisotopic (exact) mass is 420 g/mol. The number of halogens is 3. The lowest BCUT2D eigenvalue weighted by molar-refractivity contribution is -0.137. The van der Waals surface area contributed by atoms with E-state index in [-0.39, 0.29) is 6.04 Å². The smallest absolute Gasteiger partial charge is 0.419 e. The zero-order valence-electron chi connectivity index (χ0n) is 17.2. The van der Waals surface area contributed by atoms with E-state index in [0.717, 1.165) is 41.9 Å². The van der Waals surface area contributed by atoms with Crippen molar-refractivity contribution in [1.29, 1.82) is 0 Å². The number of rotatable bonds is 6. The molecule has 6 nitrogen and oxygen atoms in total. The summed E-state index contributed by atoms with van der Waals surface area (Å²) in [5, 5.41) is 3.90. The van der Waals surface area contributed by atoms with Gasteiger partial charge in [-0.1, -0.05) is 25.5 Å². The summed E-state index contributed by atoms with van der Waals surface area (Å²) in [6.07, 6.45) is 2.03. The minimum absolute atomic E-state index is 0.165. The molecule has 3 rings (SSSR count). The Balaban J connectivity index is 2.05. The third kappa shape index (κ3) is 4.10. The van der Waals surface area contributed by atoms with Gasteiger partial charge in [-0.3, -0.25) is 0 Å². The molecule has 0 saturated heterocycles. The van der Waals surface area contributed by atoms with Crippen molar-refractivity contribution < 1.29 is 22.7 Å². The van der Waals surface area contributed by atoms with Gasteiger partial charge < -0.3 is 9.30 Å². The molecule has 0 saturated carbocycles. The molecule has 30 heavy (non-hydrogen) atoms. The molecule has 0 aliphatic heterocycles. The average Bonchev–Trinajstić information content (AvgIpc) is 3.34. The zero-order chi connectivity index (χ0) is 22.1. The highest BCUT2D eigenvalue weighted by Crippen LogP contribution is 2.32. The SMILES string of the molecule is CCCC(c1cc(C)c(-n2cc(C(F)(F)F)cn2)c(C)c1)n1cncc1C(=O)OC. The van der Waals surface area contributed by atoms with Crippen LogP contribution < -0.4 is 0 Å². The van der Waals surface area contributed by atoms with E-state index in [0.29, 0.717) is 11.4 Å². The molecule has 0 spiro atoms. The van der Waals surface area contributed by atoms with Gasteiger partial charge in [0.1, 0.15) is 5.69 Å². The lowest BCUT2D eigenvalue weighted by atomic mass is 9.96. The molecule has 9 heteroatoms. The largest absolute Gasteiger partial charge is 0.464 e. The molecular weight excluding hydrogens is 397 g/mol. The third-order valence-electron chi connectivity index (χ3n) is 5.00. The van der Waals surface area contributed by atoms with Crippen LogP contribution in [0.1, 0.15) is 58.5 Å². The van der Waals surface area contributed by atoms with E-state index in [1.54, 1.807) is 10.9 Å². The van der Waals surface area contributed by atoms with Crippen LogP contribution in [0, 0.1) is 13.8 Å². The second kappa shape index (κ2) is 8.33. The first kappa shape index (κ1) is 21.6. The second-order valence-electron chi connectivity index (χ2n) is 7.16. The number of methoxy groups -OCH3 is 1. The maximum atomic E-state index is 13.0. The second-order valence-corrected chi connectivity index (χ2v) is 7.16. The van der Waals surface area contributed by atoms with Gasteiger partial charge in [-0.2, -0.15) is 18.3 Å². The molecule has 0 amide bonds. The third-order valence-corrected chi connectivity index (χ3v) is 5.00. The maximum Gasteiger partial charge on any atom is 0.419 e. The number of hydrogen-bond acceptors (Lipinski definition) is 4. The summed E-state index contributed by atoms with van der Waals surface area (Å²) in [5.41, 5.74) is 2.64. The van der Waals surface area contributed by atoms with Gasteiger partial charge in [0.15, 0.2) is 0 Å². The summed E-state index contributed by atoms with van der Waals surface area (Å²) >= 11 is 0. The Morgan fingerprint density at radius 2 is 1.87 bits per heavy atom. The molecule has 160 valence electrons. The van der Waals surface area contributed by atoms with Crippen LogP contribution in [-0.4, -0.2) is 32.4 Å². The van der Waals surface area contributed by atoms with Crippen LogP contribution in [0.25, 0.3) is 5.69 Å². The standard InChI is InChI=1S/C21H23F3N4O2/c1-5-6-17(27-12-25-10-18(27)20(29)30-4)15-7-13(2)19(14(3)8-15)28-11-16(9-26-28)21(22,23)24/h7-12,17H,5-6H2,1-4H3. The number of nitrogens with zero attached hydrogens (tertiary/aromatic N) is 4. The number of carbonyl (C=O) groups is 1. The first-order valence-electron chi connectivity index (χ1n) is 9.50. The Morgan fingerprint density at radius 1 is 1.20 bits per heavy atom. The molecule has 0 radical (unpaired) electrons. The number of aryl methyl sites for hydroxylation is 2. The van der Waals surface area contributed by atoms with Crippen LogP contribution in [0.3, 0.4) is 0 Å². The number of ether oxygens (including phenoxy) is 1. The highest BCUT2D eigenvalue weighted by molar-refractivity contribution is 5.87. The van der Waals surface area contributed by atoms with E-state index < -0.39 is 17.7 Å². The number of alkyl halides is 3. The van der Waals surface area contributed by atoms with E-state index >= 15 is 0 Å². The predicted octanol–water partition coefficient (Wildman–Crippen LogP) is 4.88. The number of hydrogen-bond donors (Lipinski definition) is 0. The maximum absolute atomic E-state index is 13.0. The number of carbonyl (C=O) groups excluding carboxylic acids is 1. The van der Waals surface area contributed by atoms with E-state index in [1.807, 2.05) is 32.9 Å². The molecule has 0 bridgehead atoms. The van der Waals surface area contributed by atoms with Gasteiger partial charge in [0.25, 0.3) is 0 Å². The Bertz CT molecular complexity index is 1030. The topological polar surface area (TPSA) is 61.9 Å². The Labute approximate surface area is 172 Å².